The Morgan fingerprint density at radius 3 is 1.55 bits per heavy atom. The third-order valence-electron chi connectivity index (χ3n) is 5.82. The predicted octanol–water partition coefficient (Wildman–Crippen LogP) is 3.96. The zero-order chi connectivity index (χ0) is 23.2. The zero-order valence-corrected chi connectivity index (χ0v) is 19.1. The van der Waals surface area contributed by atoms with Gasteiger partial charge in [0, 0.05) is 14.1 Å². The maximum atomic E-state index is 13.7. The number of hydrogen-bond donors (Lipinski definition) is 0. The van der Waals surface area contributed by atoms with Crippen molar-refractivity contribution in [2.75, 3.05) is 19.0 Å². The van der Waals surface area contributed by atoms with Crippen LogP contribution in [0.3, 0.4) is 0 Å². The summed E-state index contributed by atoms with van der Waals surface area (Å²) in [5.41, 5.74) is 3.93. The molecule has 0 fully saturated rings. The van der Waals surface area contributed by atoms with Crippen LogP contribution < -0.4 is 16.1 Å². The summed E-state index contributed by atoms with van der Waals surface area (Å²) < 4.78 is 3.14. The molecule has 1 heterocycles. The highest BCUT2D eigenvalue weighted by Gasteiger charge is 2.21. The molecule has 0 aliphatic rings. The molecule has 0 amide bonds. The van der Waals surface area contributed by atoms with Crippen LogP contribution in [0.15, 0.2) is 101 Å². The first kappa shape index (κ1) is 22.3. The molecule has 33 heavy (non-hydrogen) atoms. The smallest absolute Gasteiger partial charge is 0.331 e. The molecule has 4 rings (SSSR count). The number of benzene rings is 3. The minimum atomic E-state index is -0.277. The van der Waals surface area contributed by atoms with E-state index < -0.39 is 0 Å². The normalized spacial score (nSPS) is 10.8. The SMILES string of the molecule is CN(C)c1c(CCc2ccccc2)n(Cc2ccccc2)c(=O)n(Cc2ccccc2)c1=O. The lowest BCUT2D eigenvalue weighted by atomic mass is 10.1. The van der Waals surface area contributed by atoms with Crippen molar-refractivity contribution in [2.45, 2.75) is 25.9 Å². The summed E-state index contributed by atoms with van der Waals surface area (Å²) in [4.78, 5) is 29.1. The molecule has 0 atom stereocenters. The van der Waals surface area contributed by atoms with Crippen LogP contribution in [0.25, 0.3) is 0 Å². The molecule has 4 aromatic rings. The van der Waals surface area contributed by atoms with Crippen molar-refractivity contribution in [3.05, 3.63) is 134 Å². The topological polar surface area (TPSA) is 47.2 Å². The molecular weight excluding hydrogens is 410 g/mol. The molecule has 0 aliphatic heterocycles. The van der Waals surface area contributed by atoms with Gasteiger partial charge >= 0.3 is 5.69 Å². The molecule has 3 aromatic carbocycles. The molecule has 5 nitrogen and oxygen atoms in total. The van der Waals surface area contributed by atoms with E-state index in [-0.39, 0.29) is 17.8 Å². The molecule has 0 saturated heterocycles. The van der Waals surface area contributed by atoms with E-state index in [0.717, 1.165) is 23.2 Å². The summed E-state index contributed by atoms with van der Waals surface area (Å²) in [6.45, 7) is 0.660. The van der Waals surface area contributed by atoms with E-state index in [0.29, 0.717) is 18.7 Å². The van der Waals surface area contributed by atoms with Crippen LogP contribution in [0.4, 0.5) is 5.69 Å². The second kappa shape index (κ2) is 10.2. The molecule has 0 radical (unpaired) electrons. The number of nitrogens with zero attached hydrogens (tertiary/aromatic N) is 3. The molecule has 0 unspecified atom stereocenters. The van der Waals surface area contributed by atoms with E-state index in [1.165, 1.54) is 10.1 Å². The second-order valence-electron chi connectivity index (χ2n) is 8.41. The maximum absolute atomic E-state index is 13.7. The number of aromatic nitrogens is 2. The predicted molar refractivity (Wildman–Crippen MR) is 134 cm³/mol. The Bertz CT molecular complexity index is 1310. The molecule has 1 aromatic heterocycles. The van der Waals surface area contributed by atoms with Crippen molar-refractivity contribution in [3.63, 3.8) is 0 Å². The van der Waals surface area contributed by atoms with Gasteiger partial charge in [0.1, 0.15) is 5.69 Å². The molecule has 5 heteroatoms. The summed E-state index contributed by atoms with van der Waals surface area (Å²) in [6.07, 6.45) is 1.35. The first-order valence-corrected chi connectivity index (χ1v) is 11.2. The van der Waals surface area contributed by atoms with Gasteiger partial charge in [-0.25, -0.2) is 4.79 Å². The number of anilines is 1. The van der Waals surface area contributed by atoms with E-state index in [1.807, 2.05) is 97.9 Å². The van der Waals surface area contributed by atoms with E-state index in [4.69, 9.17) is 0 Å². The fourth-order valence-electron chi connectivity index (χ4n) is 4.17. The first-order valence-electron chi connectivity index (χ1n) is 11.2. The minimum Gasteiger partial charge on any atom is -0.372 e. The Morgan fingerprint density at radius 1 is 0.606 bits per heavy atom. The second-order valence-corrected chi connectivity index (χ2v) is 8.41. The molecule has 0 aliphatic carbocycles. The summed E-state index contributed by atoms with van der Waals surface area (Å²) in [7, 11) is 3.74. The van der Waals surface area contributed by atoms with Gasteiger partial charge in [0.15, 0.2) is 0 Å². The molecule has 0 bridgehead atoms. The monoisotopic (exact) mass is 439 g/mol. The Labute approximate surface area is 194 Å². The van der Waals surface area contributed by atoms with Crippen LogP contribution in [-0.2, 0) is 25.9 Å². The Hall–Kier alpha value is -3.86. The zero-order valence-electron chi connectivity index (χ0n) is 19.1. The lowest BCUT2D eigenvalue weighted by molar-refractivity contribution is 0.583. The van der Waals surface area contributed by atoms with Crippen LogP contribution in [0, 0.1) is 0 Å². The van der Waals surface area contributed by atoms with E-state index in [9.17, 15) is 9.59 Å². The fraction of sp³-hybridized carbons (Fsp3) is 0.214. The van der Waals surface area contributed by atoms with Crippen molar-refractivity contribution < 1.29 is 0 Å². The maximum Gasteiger partial charge on any atom is 0.331 e. The number of aryl methyl sites for hydroxylation is 1. The molecule has 0 N–H and O–H groups in total. The summed E-state index contributed by atoms with van der Waals surface area (Å²) in [6, 6.07) is 29.7. The summed E-state index contributed by atoms with van der Waals surface area (Å²) in [5, 5.41) is 0. The lowest BCUT2D eigenvalue weighted by Crippen LogP contribution is -2.44. The van der Waals surface area contributed by atoms with Crippen LogP contribution in [-0.4, -0.2) is 23.2 Å². The third-order valence-corrected chi connectivity index (χ3v) is 5.82. The number of hydrogen-bond acceptors (Lipinski definition) is 3. The van der Waals surface area contributed by atoms with Crippen LogP contribution >= 0.6 is 0 Å². The quantitative estimate of drug-likeness (QED) is 0.418. The Balaban J connectivity index is 1.86. The van der Waals surface area contributed by atoms with E-state index in [2.05, 4.69) is 12.1 Å². The highest BCUT2D eigenvalue weighted by atomic mass is 16.2. The van der Waals surface area contributed by atoms with Crippen LogP contribution in [0.2, 0.25) is 0 Å². The van der Waals surface area contributed by atoms with E-state index >= 15 is 0 Å². The molecule has 0 spiro atoms. The highest BCUT2D eigenvalue weighted by Crippen LogP contribution is 2.17. The number of rotatable bonds is 8. The van der Waals surface area contributed by atoms with Crippen molar-refractivity contribution in [1.29, 1.82) is 0 Å². The average molecular weight is 440 g/mol. The van der Waals surface area contributed by atoms with Gasteiger partial charge < -0.3 is 4.90 Å². The fourth-order valence-corrected chi connectivity index (χ4v) is 4.17. The average Bonchev–Trinajstić information content (AvgIpc) is 2.84. The van der Waals surface area contributed by atoms with Crippen molar-refractivity contribution in [1.82, 2.24) is 9.13 Å². The van der Waals surface area contributed by atoms with Gasteiger partial charge in [-0.05, 0) is 29.5 Å². The first-order chi connectivity index (χ1) is 16.0. The van der Waals surface area contributed by atoms with Crippen molar-refractivity contribution >= 4 is 5.69 Å². The van der Waals surface area contributed by atoms with Gasteiger partial charge in [-0.2, -0.15) is 0 Å². The van der Waals surface area contributed by atoms with Gasteiger partial charge in [-0.1, -0.05) is 91.0 Å². The van der Waals surface area contributed by atoms with Gasteiger partial charge in [-0.15, -0.1) is 0 Å². The molecular formula is C28H29N3O2. The molecule has 168 valence electrons. The van der Waals surface area contributed by atoms with Crippen LogP contribution in [0.1, 0.15) is 22.4 Å². The minimum absolute atomic E-state index is 0.243. The Morgan fingerprint density at radius 2 is 1.06 bits per heavy atom. The van der Waals surface area contributed by atoms with Crippen molar-refractivity contribution in [2.24, 2.45) is 0 Å². The van der Waals surface area contributed by atoms with Crippen LogP contribution in [0.5, 0.6) is 0 Å². The summed E-state index contributed by atoms with van der Waals surface area (Å²) >= 11 is 0. The van der Waals surface area contributed by atoms with Gasteiger partial charge in [-0.3, -0.25) is 13.9 Å². The highest BCUT2D eigenvalue weighted by molar-refractivity contribution is 5.49. The standard InChI is InChI=1S/C28H29N3O2/c1-29(2)26-25(19-18-22-12-6-3-7-13-22)30(20-23-14-8-4-9-15-23)28(33)31(27(26)32)21-24-16-10-5-11-17-24/h3-17H,18-21H2,1-2H3. The van der Waals surface area contributed by atoms with Gasteiger partial charge in [0.25, 0.3) is 5.56 Å². The van der Waals surface area contributed by atoms with Crippen molar-refractivity contribution in [3.8, 4) is 0 Å². The lowest BCUT2D eigenvalue weighted by Gasteiger charge is -2.23. The molecule has 0 saturated carbocycles. The Kier molecular flexibility index (Phi) is 6.89. The van der Waals surface area contributed by atoms with Gasteiger partial charge in [0.2, 0.25) is 0 Å². The summed E-state index contributed by atoms with van der Waals surface area (Å²) in [5.74, 6) is 0. The third kappa shape index (κ3) is 5.14. The largest absolute Gasteiger partial charge is 0.372 e. The van der Waals surface area contributed by atoms with E-state index in [1.54, 1.807) is 4.57 Å². The van der Waals surface area contributed by atoms with Gasteiger partial charge in [0.05, 0.1) is 18.8 Å².